The Bertz CT molecular complexity index is 415. The average molecular weight is 265 g/mol. The van der Waals surface area contributed by atoms with E-state index in [4.69, 9.17) is 11.6 Å². The number of benzene rings is 1. The van der Waals surface area contributed by atoms with Crippen molar-refractivity contribution in [2.75, 3.05) is 20.1 Å². The van der Waals surface area contributed by atoms with Crippen LogP contribution < -0.4 is 5.32 Å². The molecule has 1 N–H and O–H groups in total. The first-order valence-corrected chi connectivity index (χ1v) is 7.29. The second-order valence-electron chi connectivity index (χ2n) is 5.80. The highest BCUT2D eigenvalue weighted by Gasteiger charge is 2.33. The second-order valence-corrected chi connectivity index (χ2v) is 6.21. The topological polar surface area (TPSA) is 15.3 Å². The highest BCUT2D eigenvalue weighted by Crippen LogP contribution is 2.40. The van der Waals surface area contributed by atoms with Gasteiger partial charge in [-0.2, -0.15) is 0 Å². The number of hydrogen-bond acceptors (Lipinski definition) is 2. The normalized spacial score (nSPS) is 32.4. The highest BCUT2D eigenvalue weighted by molar-refractivity contribution is 6.31. The summed E-state index contributed by atoms with van der Waals surface area (Å²) in [7, 11) is 2.20. The van der Waals surface area contributed by atoms with Crippen LogP contribution in [0.3, 0.4) is 0 Å². The molecule has 1 heterocycles. The molecule has 1 atom stereocenters. The largest absolute Gasteiger partial charge is 0.310 e. The van der Waals surface area contributed by atoms with Crippen LogP contribution in [0.2, 0.25) is 5.02 Å². The Hall–Kier alpha value is -0.570. The summed E-state index contributed by atoms with van der Waals surface area (Å²) in [6, 6.07) is 9.67. The zero-order chi connectivity index (χ0) is 12.5. The van der Waals surface area contributed by atoms with E-state index < -0.39 is 0 Å². The van der Waals surface area contributed by atoms with Crippen LogP contribution in [0.25, 0.3) is 0 Å². The Morgan fingerprint density at radius 2 is 2.00 bits per heavy atom. The molecule has 1 saturated carbocycles. The molecular weight excluding hydrogens is 244 g/mol. The van der Waals surface area contributed by atoms with Gasteiger partial charge < -0.3 is 10.2 Å². The summed E-state index contributed by atoms with van der Waals surface area (Å²) in [6.45, 7) is 2.44. The smallest absolute Gasteiger partial charge is 0.0440 e. The van der Waals surface area contributed by atoms with E-state index >= 15 is 0 Å². The van der Waals surface area contributed by atoms with Gasteiger partial charge in [-0.3, -0.25) is 0 Å². The summed E-state index contributed by atoms with van der Waals surface area (Å²) in [5.41, 5.74) is 1.33. The maximum atomic E-state index is 6.24. The van der Waals surface area contributed by atoms with Crippen molar-refractivity contribution in [3.05, 3.63) is 34.9 Å². The Balaban J connectivity index is 1.50. The Kier molecular flexibility index (Phi) is 3.60. The third kappa shape index (κ3) is 2.56. The first-order chi connectivity index (χ1) is 8.72. The van der Waals surface area contributed by atoms with E-state index in [1.165, 1.54) is 37.9 Å². The third-order valence-corrected chi connectivity index (χ3v) is 4.69. The van der Waals surface area contributed by atoms with E-state index in [1.807, 2.05) is 12.1 Å². The standard InChI is InChI=1S/C15H21ClN2/c1-18-7-6-12(10-18)17-13-8-11(9-13)14-4-2-3-5-15(14)16/h2-5,11-13,17H,6-10H2,1H3. The van der Waals surface area contributed by atoms with E-state index in [0.29, 0.717) is 18.0 Å². The Morgan fingerprint density at radius 3 is 2.67 bits per heavy atom. The van der Waals surface area contributed by atoms with E-state index in [0.717, 1.165) is 5.02 Å². The first-order valence-electron chi connectivity index (χ1n) is 6.91. The van der Waals surface area contributed by atoms with Gasteiger partial charge in [-0.1, -0.05) is 29.8 Å². The predicted molar refractivity (Wildman–Crippen MR) is 76.3 cm³/mol. The predicted octanol–water partition coefficient (Wildman–Crippen LogP) is 2.88. The summed E-state index contributed by atoms with van der Waals surface area (Å²) in [6.07, 6.45) is 3.78. The molecule has 0 radical (unpaired) electrons. The van der Waals surface area contributed by atoms with E-state index in [9.17, 15) is 0 Å². The molecule has 0 bridgehead atoms. The van der Waals surface area contributed by atoms with Gasteiger partial charge in [-0.25, -0.2) is 0 Å². The molecule has 3 heteroatoms. The Labute approximate surface area is 114 Å². The minimum absolute atomic E-state index is 0.662. The molecule has 18 heavy (non-hydrogen) atoms. The zero-order valence-corrected chi connectivity index (χ0v) is 11.7. The van der Waals surface area contributed by atoms with Crippen LogP contribution in [-0.4, -0.2) is 37.1 Å². The van der Waals surface area contributed by atoms with Crippen molar-refractivity contribution < 1.29 is 0 Å². The number of halogens is 1. The van der Waals surface area contributed by atoms with E-state index in [-0.39, 0.29) is 0 Å². The van der Waals surface area contributed by atoms with Crippen LogP contribution in [0.1, 0.15) is 30.7 Å². The molecule has 0 spiro atoms. The van der Waals surface area contributed by atoms with Crippen molar-refractivity contribution >= 4 is 11.6 Å². The fourth-order valence-electron chi connectivity index (χ4n) is 3.22. The van der Waals surface area contributed by atoms with E-state index in [1.54, 1.807) is 0 Å². The fourth-order valence-corrected chi connectivity index (χ4v) is 3.51. The number of likely N-dealkylation sites (tertiary alicyclic amines) is 1. The van der Waals surface area contributed by atoms with Crippen LogP contribution in [0.5, 0.6) is 0 Å². The van der Waals surface area contributed by atoms with Crippen LogP contribution in [0.15, 0.2) is 24.3 Å². The molecule has 2 nitrogen and oxygen atoms in total. The number of likely N-dealkylation sites (N-methyl/N-ethyl adjacent to an activating group) is 1. The zero-order valence-electron chi connectivity index (χ0n) is 10.9. The number of nitrogens with zero attached hydrogens (tertiary/aromatic N) is 1. The number of rotatable bonds is 3. The lowest BCUT2D eigenvalue weighted by Crippen LogP contribution is -2.46. The molecule has 2 aliphatic rings. The molecule has 1 aliphatic heterocycles. The summed E-state index contributed by atoms with van der Waals surface area (Å²) in [4.78, 5) is 2.40. The lowest BCUT2D eigenvalue weighted by Gasteiger charge is -2.38. The summed E-state index contributed by atoms with van der Waals surface area (Å²) in [5.74, 6) is 0.662. The van der Waals surface area contributed by atoms with Crippen LogP contribution >= 0.6 is 11.6 Å². The molecule has 2 fully saturated rings. The monoisotopic (exact) mass is 264 g/mol. The molecule has 3 rings (SSSR count). The van der Waals surface area contributed by atoms with Crippen molar-refractivity contribution in [2.45, 2.75) is 37.3 Å². The van der Waals surface area contributed by atoms with Crippen molar-refractivity contribution in [3.8, 4) is 0 Å². The molecule has 1 unspecified atom stereocenters. The summed E-state index contributed by atoms with van der Waals surface area (Å²) < 4.78 is 0. The van der Waals surface area contributed by atoms with Gasteiger partial charge in [0.1, 0.15) is 0 Å². The van der Waals surface area contributed by atoms with Gasteiger partial charge in [0, 0.05) is 23.7 Å². The maximum Gasteiger partial charge on any atom is 0.0440 e. The van der Waals surface area contributed by atoms with Crippen molar-refractivity contribution in [1.82, 2.24) is 10.2 Å². The van der Waals surface area contributed by atoms with Gasteiger partial charge in [0.05, 0.1) is 0 Å². The second kappa shape index (κ2) is 5.20. The summed E-state index contributed by atoms with van der Waals surface area (Å²) in [5, 5.41) is 4.71. The van der Waals surface area contributed by atoms with Gasteiger partial charge >= 0.3 is 0 Å². The molecule has 1 aliphatic carbocycles. The molecule has 0 amide bonds. The lowest BCUT2D eigenvalue weighted by atomic mass is 9.75. The fraction of sp³-hybridized carbons (Fsp3) is 0.600. The van der Waals surface area contributed by atoms with Gasteiger partial charge in [-0.15, -0.1) is 0 Å². The quantitative estimate of drug-likeness (QED) is 0.903. The number of nitrogens with one attached hydrogen (secondary N) is 1. The molecular formula is C15H21ClN2. The minimum Gasteiger partial charge on any atom is -0.310 e. The van der Waals surface area contributed by atoms with Crippen molar-refractivity contribution in [1.29, 1.82) is 0 Å². The van der Waals surface area contributed by atoms with Gasteiger partial charge in [0.25, 0.3) is 0 Å². The highest BCUT2D eigenvalue weighted by atomic mass is 35.5. The van der Waals surface area contributed by atoms with Crippen LogP contribution in [0, 0.1) is 0 Å². The first kappa shape index (κ1) is 12.5. The molecule has 1 aromatic carbocycles. The lowest BCUT2D eigenvalue weighted by molar-refractivity contribution is 0.263. The SMILES string of the molecule is CN1CCC(NC2CC(c3ccccc3Cl)C2)C1. The van der Waals surface area contributed by atoms with Gasteiger partial charge in [0.2, 0.25) is 0 Å². The van der Waals surface area contributed by atoms with Crippen LogP contribution in [-0.2, 0) is 0 Å². The van der Waals surface area contributed by atoms with E-state index in [2.05, 4.69) is 29.4 Å². The number of hydrogen-bond donors (Lipinski definition) is 1. The Morgan fingerprint density at radius 1 is 1.22 bits per heavy atom. The molecule has 1 aromatic rings. The molecule has 0 aromatic heterocycles. The van der Waals surface area contributed by atoms with Gasteiger partial charge in [-0.05, 0) is 50.4 Å². The van der Waals surface area contributed by atoms with Crippen molar-refractivity contribution in [2.24, 2.45) is 0 Å². The van der Waals surface area contributed by atoms with Crippen LogP contribution in [0.4, 0.5) is 0 Å². The maximum absolute atomic E-state index is 6.24. The van der Waals surface area contributed by atoms with Crippen molar-refractivity contribution in [3.63, 3.8) is 0 Å². The van der Waals surface area contributed by atoms with Gasteiger partial charge in [0.15, 0.2) is 0 Å². The average Bonchev–Trinajstić information content (AvgIpc) is 2.70. The molecule has 98 valence electrons. The summed E-state index contributed by atoms with van der Waals surface area (Å²) >= 11 is 6.24. The molecule has 1 saturated heterocycles. The third-order valence-electron chi connectivity index (χ3n) is 4.35. The minimum atomic E-state index is 0.662.